The van der Waals surface area contributed by atoms with Crippen LogP contribution in [0.4, 0.5) is 0 Å². The van der Waals surface area contributed by atoms with Crippen LogP contribution in [0.15, 0.2) is 0 Å². The van der Waals surface area contributed by atoms with Crippen molar-refractivity contribution in [1.29, 1.82) is 0 Å². The highest BCUT2D eigenvalue weighted by Crippen LogP contribution is 1.97. The van der Waals surface area contributed by atoms with Crippen molar-refractivity contribution < 1.29 is 20.1 Å². The van der Waals surface area contributed by atoms with Gasteiger partial charge in [-0.25, -0.2) is 0 Å². The Morgan fingerprint density at radius 2 is 2.22 bits per heavy atom. The molecule has 56 valence electrons. The molecule has 1 saturated heterocycles. The molecule has 0 bridgehead atoms. The summed E-state index contributed by atoms with van der Waals surface area (Å²) in [5.74, 6) is 0. The van der Waals surface area contributed by atoms with Crippen LogP contribution in [0, 0.1) is 0 Å². The molecule has 4 heteroatoms. The molecule has 0 aromatic heterocycles. The lowest BCUT2D eigenvalue weighted by Crippen LogP contribution is -2.31. The molecule has 0 saturated carbocycles. The van der Waals surface area contributed by atoms with E-state index in [-0.39, 0.29) is 18.2 Å². The number of aliphatic hydroxyl groups is 1. The fourth-order valence-corrected chi connectivity index (χ4v) is 0.642. The lowest BCUT2D eigenvalue weighted by Gasteiger charge is -2.20. The first-order chi connectivity index (χ1) is 3.93. The molecule has 4 nitrogen and oxygen atoms in total. The zero-order valence-corrected chi connectivity index (χ0v) is 5.17. The molecule has 3 N–H and O–H groups in total. The van der Waals surface area contributed by atoms with Gasteiger partial charge in [-0.1, -0.05) is 0 Å². The van der Waals surface area contributed by atoms with Crippen LogP contribution in [0.5, 0.6) is 0 Å². The van der Waals surface area contributed by atoms with E-state index in [1.807, 2.05) is 0 Å². The van der Waals surface area contributed by atoms with E-state index in [9.17, 15) is 0 Å². The first-order valence-electron chi connectivity index (χ1n) is 2.73. The largest absolute Gasteiger partial charge is 0.412 e. The number of aliphatic hydroxyl groups excluding tert-OH is 1. The summed E-state index contributed by atoms with van der Waals surface area (Å²) in [5.41, 5.74) is 0. The van der Waals surface area contributed by atoms with Crippen molar-refractivity contribution in [2.45, 2.75) is 6.10 Å². The SMILES string of the molecule is O.OCC1COCCO1. The molecule has 0 amide bonds. The second kappa shape index (κ2) is 4.69. The Kier molecular flexibility index (Phi) is 4.61. The van der Waals surface area contributed by atoms with Crippen LogP contribution in [0.3, 0.4) is 0 Å². The Hall–Kier alpha value is -0.160. The van der Waals surface area contributed by atoms with Crippen molar-refractivity contribution in [3.63, 3.8) is 0 Å². The van der Waals surface area contributed by atoms with E-state index < -0.39 is 0 Å². The van der Waals surface area contributed by atoms with Crippen LogP contribution in [0.2, 0.25) is 0 Å². The molecule has 0 radical (unpaired) electrons. The summed E-state index contributed by atoms with van der Waals surface area (Å²) in [6.45, 7) is 1.89. The molecule has 0 aliphatic carbocycles. The molecule has 1 unspecified atom stereocenters. The highest BCUT2D eigenvalue weighted by Gasteiger charge is 2.11. The van der Waals surface area contributed by atoms with Gasteiger partial charge in [-0.3, -0.25) is 0 Å². The number of hydrogen-bond donors (Lipinski definition) is 1. The minimum absolute atomic E-state index is 0. The van der Waals surface area contributed by atoms with E-state index in [2.05, 4.69) is 0 Å². The third-order valence-electron chi connectivity index (χ3n) is 1.09. The van der Waals surface area contributed by atoms with E-state index in [4.69, 9.17) is 14.6 Å². The van der Waals surface area contributed by atoms with Gasteiger partial charge >= 0.3 is 0 Å². The smallest absolute Gasteiger partial charge is 0.104 e. The topological polar surface area (TPSA) is 70.2 Å². The second-order valence-corrected chi connectivity index (χ2v) is 1.75. The van der Waals surface area contributed by atoms with Gasteiger partial charge in [0, 0.05) is 0 Å². The van der Waals surface area contributed by atoms with E-state index >= 15 is 0 Å². The number of ether oxygens (including phenoxy) is 2. The van der Waals surface area contributed by atoms with Crippen molar-refractivity contribution in [2.24, 2.45) is 0 Å². The third-order valence-corrected chi connectivity index (χ3v) is 1.09. The molecular formula is C5H12O4. The molecule has 1 aliphatic heterocycles. The molecule has 0 aromatic carbocycles. The zero-order chi connectivity index (χ0) is 5.82. The molecule has 1 rings (SSSR count). The van der Waals surface area contributed by atoms with E-state index in [0.29, 0.717) is 19.8 Å². The molecule has 1 fully saturated rings. The minimum Gasteiger partial charge on any atom is -0.412 e. The van der Waals surface area contributed by atoms with Gasteiger partial charge in [-0.15, -0.1) is 0 Å². The second-order valence-electron chi connectivity index (χ2n) is 1.75. The summed E-state index contributed by atoms with van der Waals surface area (Å²) in [6.07, 6.45) is -0.0799. The maximum Gasteiger partial charge on any atom is 0.104 e. The Bertz CT molecular complexity index is 60.0. The average molecular weight is 136 g/mol. The van der Waals surface area contributed by atoms with Gasteiger partial charge in [0.25, 0.3) is 0 Å². The maximum absolute atomic E-state index is 8.49. The fraction of sp³-hybridized carbons (Fsp3) is 1.00. The maximum atomic E-state index is 8.49. The molecule has 0 spiro atoms. The van der Waals surface area contributed by atoms with Crippen molar-refractivity contribution >= 4 is 0 Å². The highest BCUT2D eigenvalue weighted by atomic mass is 16.6. The van der Waals surface area contributed by atoms with Gasteiger partial charge < -0.3 is 20.1 Å². The van der Waals surface area contributed by atoms with Crippen molar-refractivity contribution in [1.82, 2.24) is 0 Å². The Balaban J connectivity index is 0.000000640. The van der Waals surface area contributed by atoms with Crippen molar-refractivity contribution in [3.8, 4) is 0 Å². The summed E-state index contributed by atoms with van der Waals surface area (Å²) in [6, 6.07) is 0. The van der Waals surface area contributed by atoms with Gasteiger partial charge in [-0.2, -0.15) is 0 Å². The number of rotatable bonds is 1. The molecule has 0 aromatic rings. The Labute approximate surface area is 53.7 Å². The van der Waals surface area contributed by atoms with E-state index in [1.165, 1.54) is 0 Å². The van der Waals surface area contributed by atoms with Crippen LogP contribution in [0.1, 0.15) is 0 Å². The molecular weight excluding hydrogens is 124 g/mol. The first kappa shape index (κ1) is 8.84. The van der Waals surface area contributed by atoms with Crippen LogP contribution in [-0.4, -0.2) is 43.1 Å². The van der Waals surface area contributed by atoms with Crippen LogP contribution >= 0.6 is 0 Å². The van der Waals surface area contributed by atoms with Gasteiger partial charge in [0.2, 0.25) is 0 Å². The van der Waals surface area contributed by atoms with Crippen LogP contribution in [-0.2, 0) is 9.47 Å². The minimum atomic E-state index is -0.0799. The van der Waals surface area contributed by atoms with Gasteiger partial charge in [0.05, 0.1) is 26.4 Å². The Morgan fingerprint density at radius 1 is 1.44 bits per heavy atom. The lowest BCUT2D eigenvalue weighted by molar-refractivity contribution is -0.105. The summed E-state index contributed by atoms with van der Waals surface area (Å²) in [5, 5.41) is 8.49. The zero-order valence-electron chi connectivity index (χ0n) is 5.17. The summed E-state index contributed by atoms with van der Waals surface area (Å²) in [4.78, 5) is 0. The monoisotopic (exact) mass is 136 g/mol. The predicted octanol–water partition coefficient (Wildman–Crippen LogP) is -1.43. The fourth-order valence-electron chi connectivity index (χ4n) is 0.642. The normalized spacial score (nSPS) is 27.0. The quantitative estimate of drug-likeness (QED) is 0.480. The standard InChI is InChI=1S/C5H10O3.H2O/c6-3-5-4-7-1-2-8-5;/h5-6H,1-4H2;1H2. The van der Waals surface area contributed by atoms with E-state index in [1.54, 1.807) is 0 Å². The van der Waals surface area contributed by atoms with Crippen molar-refractivity contribution in [2.75, 3.05) is 26.4 Å². The summed E-state index contributed by atoms with van der Waals surface area (Å²) < 4.78 is 10.0. The van der Waals surface area contributed by atoms with Gasteiger partial charge in [0.15, 0.2) is 0 Å². The molecule has 9 heavy (non-hydrogen) atoms. The first-order valence-corrected chi connectivity index (χ1v) is 2.73. The average Bonchev–Trinajstić information content (AvgIpc) is 1.90. The number of hydrogen-bond acceptors (Lipinski definition) is 3. The third kappa shape index (κ3) is 2.76. The molecule has 1 heterocycles. The van der Waals surface area contributed by atoms with Gasteiger partial charge in [0.1, 0.15) is 6.10 Å². The highest BCUT2D eigenvalue weighted by molar-refractivity contribution is 4.56. The molecule has 1 atom stereocenters. The van der Waals surface area contributed by atoms with Gasteiger partial charge in [-0.05, 0) is 0 Å². The van der Waals surface area contributed by atoms with Crippen molar-refractivity contribution in [3.05, 3.63) is 0 Å². The predicted molar refractivity (Wildman–Crippen MR) is 31.3 cm³/mol. The van der Waals surface area contributed by atoms with Crippen LogP contribution < -0.4 is 0 Å². The Morgan fingerprint density at radius 3 is 2.56 bits per heavy atom. The summed E-state index contributed by atoms with van der Waals surface area (Å²) >= 11 is 0. The van der Waals surface area contributed by atoms with Crippen LogP contribution in [0.25, 0.3) is 0 Å². The summed E-state index contributed by atoms with van der Waals surface area (Å²) in [7, 11) is 0. The molecule has 1 aliphatic rings. The van der Waals surface area contributed by atoms with E-state index in [0.717, 1.165) is 0 Å². The lowest BCUT2D eigenvalue weighted by atomic mass is 10.4.